The lowest BCUT2D eigenvalue weighted by atomic mass is 10.1. The number of benzene rings is 2. The van der Waals surface area contributed by atoms with Crippen molar-refractivity contribution in [1.29, 1.82) is 0 Å². The van der Waals surface area contributed by atoms with Crippen LogP contribution in [0.3, 0.4) is 0 Å². The number of hydrogen-bond acceptors (Lipinski definition) is 3. The van der Waals surface area contributed by atoms with Crippen molar-refractivity contribution in [3.05, 3.63) is 73.2 Å². The van der Waals surface area contributed by atoms with Crippen LogP contribution in [0.15, 0.2) is 72.5 Å². The quantitative estimate of drug-likeness (QED) is 0.468. The molecule has 2 aromatic carbocycles. The van der Waals surface area contributed by atoms with Gasteiger partial charge in [0.25, 0.3) is 0 Å². The Morgan fingerprint density at radius 3 is 2.50 bits per heavy atom. The SMILES string of the molecule is C=CCSc1ncc(-c2ccc(OC)cc2)n1-c1ccc(F)cc1. The van der Waals surface area contributed by atoms with Gasteiger partial charge in [-0.1, -0.05) is 17.8 Å². The summed E-state index contributed by atoms with van der Waals surface area (Å²) in [6, 6.07) is 14.2. The molecule has 0 aliphatic carbocycles. The number of nitrogens with zero attached hydrogens (tertiary/aromatic N) is 2. The van der Waals surface area contributed by atoms with Crippen LogP contribution in [0.25, 0.3) is 16.9 Å². The molecule has 24 heavy (non-hydrogen) atoms. The van der Waals surface area contributed by atoms with E-state index in [9.17, 15) is 4.39 Å². The molecule has 0 atom stereocenters. The highest BCUT2D eigenvalue weighted by molar-refractivity contribution is 7.99. The first kappa shape index (κ1) is 16.3. The molecule has 1 heterocycles. The van der Waals surface area contributed by atoms with Gasteiger partial charge in [0.05, 0.1) is 19.0 Å². The zero-order chi connectivity index (χ0) is 16.9. The third-order valence-corrected chi connectivity index (χ3v) is 4.48. The lowest BCUT2D eigenvalue weighted by Gasteiger charge is -2.12. The molecule has 0 bridgehead atoms. The van der Waals surface area contributed by atoms with Crippen LogP contribution in [-0.4, -0.2) is 22.4 Å². The van der Waals surface area contributed by atoms with Crippen molar-refractivity contribution < 1.29 is 9.13 Å². The van der Waals surface area contributed by atoms with Crippen LogP contribution in [-0.2, 0) is 0 Å². The Hall–Kier alpha value is -2.53. The lowest BCUT2D eigenvalue weighted by Crippen LogP contribution is -1.99. The number of hydrogen-bond donors (Lipinski definition) is 0. The molecule has 3 rings (SSSR count). The summed E-state index contributed by atoms with van der Waals surface area (Å²) in [5.41, 5.74) is 2.82. The molecule has 122 valence electrons. The average Bonchev–Trinajstić information content (AvgIpc) is 3.04. The number of ether oxygens (including phenoxy) is 1. The first-order chi connectivity index (χ1) is 11.7. The minimum absolute atomic E-state index is 0.259. The van der Waals surface area contributed by atoms with Crippen LogP contribution in [0, 0.1) is 5.82 Å². The topological polar surface area (TPSA) is 27.1 Å². The van der Waals surface area contributed by atoms with Crippen molar-refractivity contribution in [1.82, 2.24) is 9.55 Å². The summed E-state index contributed by atoms with van der Waals surface area (Å²) < 4.78 is 20.5. The van der Waals surface area contributed by atoms with E-state index in [1.807, 2.05) is 41.1 Å². The van der Waals surface area contributed by atoms with Crippen LogP contribution >= 0.6 is 11.8 Å². The molecule has 0 radical (unpaired) electrons. The van der Waals surface area contributed by atoms with Gasteiger partial charge in [-0.15, -0.1) is 6.58 Å². The standard InChI is InChI=1S/C19H17FN2OS/c1-3-12-24-19-21-13-18(14-4-10-17(23-2)11-5-14)22(19)16-8-6-15(20)7-9-16/h3-11,13H,1,12H2,2H3. The minimum Gasteiger partial charge on any atom is -0.497 e. The first-order valence-corrected chi connectivity index (χ1v) is 8.43. The summed E-state index contributed by atoms with van der Waals surface area (Å²) in [4.78, 5) is 4.52. The summed E-state index contributed by atoms with van der Waals surface area (Å²) in [6.07, 6.45) is 3.66. The van der Waals surface area contributed by atoms with E-state index in [1.54, 1.807) is 31.0 Å². The van der Waals surface area contributed by atoms with Crippen molar-refractivity contribution in [2.75, 3.05) is 12.9 Å². The van der Waals surface area contributed by atoms with E-state index in [2.05, 4.69) is 11.6 Å². The first-order valence-electron chi connectivity index (χ1n) is 7.44. The zero-order valence-corrected chi connectivity index (χ0v) is 14.1. The van der Waals surface area contributed by atoms with E-state index in [0.717, 1.165) is 33.6 Å². The number of thioether (sulfide) groups is 1. The third kappa shape index (κ3) is 3.36. The highest BCUT2D eigenvalue weighted by atomic mass is 32.2. The molecule has 1 aromatic heterocycles. The monoisotopic (exact) mass is 340 g/mol. The van der Waals surface area contributed by atoms with E-state index in [-0.39, 0.29) is 5.82 Å². The Morgan fingerprint density at radius 2 is 1.88 bits per heavy atom. The Balaban J connectivity index is 2.09. The Labute approximate surface area is 144 Å². The van der Waals surface area contributed by atoms with Gasteiger partial charge in [0.15, 0.2) is 5.16 Å². The number of halogens is 1. The molecular formula is C19H17FN2OS. The Kier molecular flexibility index (Phi) is 5.01. The van der Waals surface area contributed by atoms with Gasteiger partial charge in [-0.2, -0.15) is 0 Å². The van der Waals surface area contributed by atoms with Gasteiger partial charge in [-0.25, -0.2) is 9.37 Å². The normalized spacial score (nSPS) is 10.6. The van der Waals surface area contributed by atoms with Crippen molar-refractivity contribution >= 4 is 11.8 Å². The molecule has 0 unspecified atom stereocenters. The van der Waals surface area contributed by atoms with Gasteiger partial charge in [-0.05, 0) is 48.5 Å². The molecule has 0 aliphatic heterocycles. The Bertz CT molecular complexity index is 826. The molecule has 0 fully saturated rings. The number of rotatable bonds is 6. The fourth-order valence-corrected chi connectivity index (χ4v) is 3.10. The molecular weight excluding hydrogens is 323 g/mol. The van der Waals surface area contributed by atoms with Crippen LogP contribution < -0.4 is 4.74 Å². The van der Waals surface area contributed by atoms with Crippen LogP contribution in [0.1, 0.15) is 0 Å². The molecule has 0 spiro atoms. The maximum absolute atomic E-state index is 13.3. The molecule has 3 nitrogen and oxygen atoms in total. The second kappa shape index (κ2) is 7.36. The molecule has 3 aromatic rings. The molecule has 0 saturated carbocycles. The third-order valence-electron chi connectivity index (χ3n) is 3.53. The van der Waals surface area contributed by atoms with Gasteiger partial charge < -0.3 is 4.74 Å². The van der Waals surface area contributed by atoms with Crippen LogP contribution in [0.4, 0.5) is 4.39 Å². The van der Waals surface area contributed by atoms with Gasteiger partial charge in [0, 0.05) is 17.0 Å². The molecule has 0 aliphatic rings. The maximum Gasteiger partial charge on any atom is 0.173 e. The summed E-state index contributed by atoms with van der Waals surface area (Å²) in [5, 5.41) is 0.840. The van der Waals surface area contributed by atoms with Gasteiger partial charge in [-0.3, -0.25) is 4.57 Å². The predicted octanol–water partition coefficient (Wildman–Crippen LogP) is 4.97. The smallest absolute Gasteiger partial charge is 0.173 e. The second-order valence-electron chi connectivity index (χ2n) is 5.07. The largest absolute Gasteiger partial charge is 0.497 e. The van der Waals surface area contributed by atoms with E-state index in [4.69, 9.17) is 4.74 Å². The number of imidazole rings is 1. The average molecular weight is 340 g/mol. The summed E-state index contributed by atoms with van der Waals surface area (Å²) in [5.74, 6) is 1.29. The van der Waals surface area contributed by atoms with Crippen molar-refractivity contribution in [3.8, 4) is 22.7 Å². The predicted molar refractivity (Wildman–Crippen MR) is 96.4 cm³/mol. The summed E-state index contributed by atoms with van der Waals surface area (Å²) in [6.45, 7) is 3.75. The number of methoxy groups -OCH3 is 1. The van der Waals surface area contributed by atoms with Crippen molar-refractivity contribution in [3.63, 3.8) is 0 Å². The molecule has 5 heteroatoms. The van der Waals surface area contributed by atoms with Crippen LogP contribution in [0.5, 0.6) is 5.75 Å². The summed E-state index contributed by atoms with van der Waals surface area (Å²) >= 11 is 1.58. The highest BCUT2D eigenvalue weighted by Crippen LogP contribution is 2.30. The molecule has 0 saturated heterocycles. The zero-order valence-electron chi connectivity index (χ0n) is 13.3. The van der Waals surface area contributed by atoms with Crippen molar-refractivity contribution in [2.24, 2.45) is 0 Å². The van der Waals surface area contributed by atoms with Crippen molar-refractivity contribution in [2.45, 2.75) is 5.16 Å². The fraction of sp³-hybridized carbons (Fsp3) is 0.105. The fourth-order valence-electron chi connectivity index (χ4n) is 2.38. The minimum atomic E-state index is -0.259. The summed E-state index contributed by atoms with van der Waals surface area (Å²) in [7, 11) is 1.64. The van der Waals surface area contributed by atoms with Gasteiger partial charge in [0.1, 0.15) is 11.6 Å². The van der Waals surface area contributed by atoms with E-state index < -0.39 is 0 Å². The maximum atomic E-state index is 13.3. The Morgan fingerprint density at radius 1 is 1.17 bits per heavy atom. The van der Waals surface area contributed by atoms with E-state index >= 15 is 0 Å². The lowest BCUT2D eigenvalue weighted by molar-refractivity contribution is 0.415. The second-order valence-corrected chi connectivity index (χ2v) is 6.05. The van der Waals surface area contributed by atoms with E-state index in [0.29, 0.717) is 0 Å². The van der Waals surface area contributed by atoms with Crippen LogP contribution in [0.2, 0.25) is 0 Å². The number of aromatic nitrogens is 2. The van der Waals surface area contributed by atoms with Gasteiger partial charge >= 0.3 is 0 Å². The highest BCUT2D eigenvalue weighted by Gasteiger charge is 2.14. The molecule has 0 amide bonds. The van der Waals surface area contributed by atoms with E-state index in [1.165, 1.54) is 12.1 Å². The molecule has 0 N–H and O–H groups in total. The van der Waals surface area contributed by atoms with Gasteiger partial charge in [0.2, 0.25) is 0 Å².